The molecule has 0 aliphatic carbocycles. The van der Waals surface area contributed by atoms with Gasteiger partial charge in [-0.2, -0.15) is 0 Å². The fraction of sp³-hybridized carbons (Fsp3) is 0. The largest absolute Gasteiger partial charge is 0.508 e. The molecule has 2 aromatic carbocycles. The van der Waals surface area contributed by atoms with Crippen molar-refractivity contribution in [2.45, 2.75) is 0 Å². The van der Waals surface area contributed by atoms with E-state index in [1.165, 1.54) is 0 Å². The van der Waals surface area contributed by atoms with Crippen LogP contribution in [0, 0.1) is 0 Å². The highest BCUT2D eigenvalue weighted by Gasteiger charge is 2.12. The average molecular weight is 321 g/mol. The predicted molar refractivity (Wildman–Crippen MR) is 95.7 cm³/mol. The predicted octanol–water partition coefficient (Wildman–Crippen LogP) is 5.32. The third-order valence-corrected chi connectivity index (χ3v) is 4.20. The number of aromatic hydroxyl groups is 1. The summed E-state index contributed by atoms with van der Waals surface area (Å²) < 4.78 is 1.96. The molecule has 4 heteroatoms. The van der Waals surface area contributed by atoms with Gasteiger partial charge in [0.25, 0.3) is 0 Å². The van der Waals surface area contributed by atoms with E-state index in [1.54, 1.807) is 24.5 Å². The maximum atomic E-state index is 9.45. The SMILES string of the molecule is C=Cn1c2ccc(-c3ccc(O)cc3)cc2c2cc(Cl)cnc21. The van der Waals surface area contributed by atoms with Crippen molar-refractivity contribution in [2.24, 2.45) is 0 Å². The lowest BCUT2D eigenvalue weighted by atomic mass is 10.0. The molecule has 1 N–H and O–H groups in total. The number of nitrogens with zero attached hydrogens (tertiary/aromatic N) is 2. The quantitative estimate of drug-likeness (QED) is 0.543. The molecular weight excluding hydrogens is 308 g/mol. The first-order valence-corrected chi connectivity index (χ1v) is 7.56. The summed E-state index contributed by atoms with van der Waals surface area (Å²) in [6.45, 7) is 3.88. The zero-order valence-corrected chi connectivity index (χ0v) is 13.0. The van der Waals surface area contributed by atoms with E-state index >= 15 is 0 Å². The summed E-state index contributed by atoms with van der Waals surface area (Å²) in [5.74, 6) is 0.258. The van der Waals surface area contributed by atoms with Crippen molar-refractivity contribution >= 4 is 39.7 Å². The van der Waals surface area contributed by atoms with Gasteiger partial charge in [0.15, 0.2) is 0 Å². The molecule has 4 aromatic rings. The van der Waals surface area contributed by atoms with Crippen LogP contribution < -0.4 is 0 Å². The van der Waals surface area contributed by atoms with Crippen molar-refractivity contribution in [1.82, 2.24) is 9.55 Å². The third-order valence-electron chi connectivity index (χ3n) is 3.99. The Bertz CT molecular complexity index is 1050. The van der Waals surface area contributed by atoms with Gasteiger partial charge < -0.3 is 9.67 Å². The van der Waals surface area contributed by atoms with Crippen LogP contribution in [0.15, 0.2) is 61.3 Å². The molecule has 2 heterocycles. The monoisotopic (exact) mass is 320 g/mol. The van der Waals surface area contributed by atoms with E-state index in [4.69, 9.17) is 11.6 Å². The van der Waals surface area contributed by atoms with Crippen molar-refractivity contribution in [3.63, 3.8) is 0 Å². The number of pyridine rings is 1. The average Bonchev–Trinajstić information content (AvgIpc) is 2.88. The van der Waals surface area contributed by atoms with E-state index in [2.05, 4.69) is 29.8 Å². The topological polar surface area (TPSA) is 38.0 Å². The molecule has 0 amide bonds. The van der Waals surface area contributed by atoms with E-state index in [0.29, 0.717) is 5.02 Å². The highest BCUT2D eigenvalue weighted by Crippen LogP contribution is 2.33. The minimum absolute atomic E-state index is 0.258. The number of fused-ring (bicyclic) bond motifs is 3. The Morgan fingerprint density at radius 2 is 1.74 bits per heavy atom. The summed E-state index contributed by atoms with van der Waals surface area (Å²) in [6, 6.07) is 15.3. The van der Waals surface area contributed by atoms with Gasteiger partial charge >= 0.3 is 0 Å². The van der Waals surface area contributed by atoms with E-state index in [-0.39, 0.29) is 5.75 Å². The van der Waals surface area contributed by atoms with Crippen molar-refractivity contribution in [3.05, 3.63) is 66.3 Å². The zero-order valence-electron chi connectivity index (χ0n) is 12.2. The minimum Gasteiger partial charge on any atom is -0.508 e. The van der Waals surface area contributed by atoms with E-state index in [1.807, 2.05) is 22.8 Å². The van der Waals surface area contributed by atoms with Crippen LogP contribution in [0.25, 0.3) is 39.3 Å². The van der Waals surface area contributed by atoms with Gasteiger partial charge in [-0.25, -0.2) is 4.98 Å². The summed E-state index contributed by atoms with van der Waals surface area (Å²) in [5.41, 5.74) is 3.98. The Kier molecular flexibility index (Phi) is 3.10. The van der Waals surface area contributed by atoms with Crippen LogP contribution in [0.2, 0.25) is 5.02 Å². The van der Waals surface area contributed by atoms with Crippen LogP contribution >= 0.6 is 11.6 Å². The Balaban J connectivity index is 2.04. The molecule has 0 fully saturated rings. The Morgan fingerprint density at radius 1 is 1.00 bits per heavy atom. The van der Waals surface area contributed by atoms with E-state index in [9.17, 15) is 5.11 Å². The number of phenolic OH excluding ortho intramolecular Hbond substituents is 1. The van der Waals surface area contributed by atoms with Gasteiger partial charge in [-0.05, 0) is 41.5 Å². The van der Waals surface area contributed by atoms with Crippen LogP contribution in [-0.2, 0) is 0 Å². The lowest BCUT2D eigenvalue weighted by Gasteiger charge is -2.03. The molecule has 2 aromatic heterocycles. The molecule has 0 aliphatic rings. The lowest BCUT2D eigenvalue weighted by Crippen LogP contribution is -1.87. The number of halogens is 1. The van der Waals surface area contributed by atoms with E-state index in [0.717, 1.165) is 33.1 Å². The van der Waals surface area contributed by atoms with E-state index < -0.39 is 0 Å². The first kappa shape index (κ1) is 13.9. The molecule has 4 rings (SSSR count). The van der Waals surface area contributed by atoms with Gasteiger partial charge in [0.05, 0.1) is 10.5 Å². The summed E-state index contributed by atoms with van der Waals surface area (Å²) in [5, 5.41) is 12.1. The first-order chi connectivity index (χ1) is 11.2. The highest BCUT2D eigenvalue weighted by atomic mass is 35.5. The van der Waals surface area contributed by atoms with Crippen LogP contribution in [0.5, 0.6) is 5.75 Å². The van der Waals surface area contributed by atoms with Crippen LogP contribution in [0.4, 0.5) is 0 Å². The third kappa shape index (κ3) is 2.17. The molecule has 0 atom stereocenters. The maximum absolute atomic E-state index is 9.45. The Hall–Kier alpha value is -2.78. The van der Waals surface area contributed by atoms with Crippen molar-refractivity contribution in [1.29, 1.82) is 0 Å². The molecule has 0 radical (unpaired) electrons. The fourth-order valence-corrected chi connectivity index (χ4v) is 3.07. The van der Waals surface area contributed by atoms with Crippen LogP contribution in [0.1, 0.15) is 0 Å². The number of hydrogen-bond acceptors (Lipinski definition) is 2. The molecule has 23 heavy (non-hydrogen) atoms. The molecule has 0 saturated heterocycles. The smallest absolute Gasteiger partial charge is 0.145 e. The number of phenols is 1. The molecule has 112 valence electrons. The minimum atomic E-state index is 0.258. The molecular formula is C19H13ClN2O. The summed E-state index contributed by atoms with van der Waals surface area (Å²) in [6.07, 6.45) is 3.40. The summed E-state index contributed by atoms with van der Waals surface area (Å²) >= 11 is 6.12. The number of benzene rings is 2. The Labute approximate surface area is 138 Å². The van der Waals surface area contributed by atoms with Crippen LogP contribution in [0.3, 0.4) is 0 Å². The lowest BCUT2D eigenvalue weighted by molar-refractivity contribution is 0.475. The number of aromatic nitrogens is 2. The van der Waals surface area contributed by atoms with Gasteiger partial charge in [0, 0.05) is 23.2 Å². The number of hydrogen-bond donors (Lipinski definition) is 1. The van der Waals surface area contributed by atoms with Gasteiger partial charge in [-0.1, -0.05) is 36.4 Å². The highest BCUT2D eigenvalue weighted by molar-refractivity contribution is 6.31. The molecule has 0 bridgehead atoms. The second-order valence-corrected chi connectivity index (χ2v) is 5.79. The van der Waals surface area contributed by atoms with Gasteiger partial charge in [-0.15, -0.1) is 0 Å². The van der Waals surface area contributed by atoms with Crippen molar-refractivity contribution < 1.29 is 5.11 Å². The maximum Gasteiger partial charge on any atom is 0.145 e. The molecule has 0 aliphatic heterocycles. The van der Waals surface area contributed by atoms with Gasteiger partial charge in [0.1, 0.15) is 11.4 Å². The summed E-state index contributed by atoms with van der Waals surface area (Å²) in [7, 11) is 0. The first-order valence-electron chi connectivity index (χ1n) is 7.18. The zero-order chi connectivity index (χ0) is 16.0. The Morgan fingerprint density at radius 3 is 2.48 bits per heavy atom. The van der Waals surface area contributed by atoms with Crippen LogP contribution in [-0.4, -0.2) is 14.7 Å². The fourth-order valence-electron chi connectivity index (χ4n) is 2.92. The normalized spacial score (nSPS) is 11.2. The molecule has 0 saturated carbocycles. The molecule has 0 spiro atoms. The van der Waals surface area contributed by atoms with Gasteiger partial charge in [-0.3, -0.25) is 0 Å². The standard InChI is InChI=1S/C19H13ClN2O/c1-2-22-18-8-5-13(12-3-6-15(23)7-4-12)9-16(18)17-10-14(20)11-21-19(17)22/h2-11,23H,1H2. The molecule has 3 nitrogen and oxygen atoms in total. The summed E-state index contributed by atoms with van der Waals surface area (Å²) in [4.78, 5) is 4.43. The van der Waals surface area contributed by atoms with Crippen molar-refractivity contribution in [2.75, 3.05) is 0 Å². The number of rotatable bonds is 2. The second kappa shape index (κ2) is 5.14. The molecule has 0 unspecified atom stereocenters. The second-order valence-electron chi connectivity index (χ2n) is 5.36. The van der Waals surface area contributed by atoms with Crippen molar-refractivity contribution in [3.8, 4) is 16.9 Å². The van der Waals surface area contributed by atoms with Gasteiger partial charge in [0.2, 0.25) is 0 Å².